The number of nitrogens with zero attached hydrogens (tertiary/aromatic N) is 1. The van der Waals surface area contributed by atoms with Crippen LogP contribution in [0.3, 0.4) is 0 Å². The summed E-state index contributed by atoms with van der Waals surface area (Å²) in [6, 6.07) is 7.65. The lowest BCUT2D eigenvalue weighted by atomic mass is 9.93. The summed E-state index contributed by atoms with van der Waals surface area (Å²) in [4.78, 5) is 4.73. The molecule has 1 aromatic carbocycles. The third kappa shape index (κ3) is 12.6. The molecule has 5 atom stereocenters. The Morgan fingerprint density at radius 1 is 1.04 bits per heavy atom. The fourth-order valence-electron chi connectivity index (χ4n) is 7.31. The molecule has 0 radical (unpaired) electrons. The van der Waals surface area contributed by atoms with Gasteiger partial charge in [-0.3, -0.25) is 4.18 Å². The van der Waals surface area contributed by atoms with E-state index in [1.165, 1.54) is 0 Å². The number of aliphatic hydroxyl groups excluding tert-OH is 2. The van der Waals surface area contributed by atoms with Crippen LogP contribution in [0.2, 0.25) is 16.6 Å². The molecular formula is C36H59NO10SSi. The zero-order valence-corrected chi connectivity index (χ0v) is 32.4. The van der Waals surface area contributed by atoms with E-state index in [1.54, 1.807) is 13.4 Å². The first-order valence-electron chi connectivity index (χ1n) is 17.4. The van der Waals surface area contributed by atoms with Crippen LogP contribution in [0.4, 0.5) is 0 Å². The van der Waals surface area contributed by atoms with Gasteiger partial charge in [0.25, 0.3) is 10.1 Å². The van der Waals surface area contributed by atoms with Crippen LogP contribution in [-0.2, 0) is 41.4 Å². The van der Waals surface area contributed by atoms with E-state index in [-0.39, 0.29) is 45.0 Å². The van der Waals surface area contributed by atoms with Gasteiger partial charge < -0.3 is 33.3 Å². The Morgan fingerprint density at radius 3 is 2.27 bits per heavy atom. The van der Waals surface area contributed by atoms with E-state index in [4.69, 9.17) is 32.2 Å². The highest BCUT2D eigenvalue weighted by molar-refractivity contribution is 7.86. The molecule has 1 saturated heterocycles. The van der Waals surface area contributed by atoms with Gasteiger partial charge in [0, 0.05) is 19.4 Å². The van der Waals surface area contributed by atoms with Crippen LogP contribution in [-0.4, -0.2) is 76.3 Å². The first-order chi connectivity index (χ1) is 23.1. The Kier molecular flexibility index (Phi) is 16.0. The van der Waals surface area contributed by atoms with Gasteiger partial charge in [-0.05, 0) is 60.0 Å². The summed E-state index contributed by atoms with van der Waals surface area (Å²) < 4.78 is 61.0. The number of aliphatic hydroxyl groups is 2. The molecule has 1 fully saturated rings. The normalized spacial score (nSPS) is 20.2. The maximum atomic E-state index is 12.3. The molecule has 49 heavy (non-hydrogen) atoms. The van der Waals surface area contributed by atoms with Gasteiger partial charge in [0.15, 0.2) is 0 Å². The molecular weight excluding hydrogens is 667 g/mol. The highest BCUT2D eigenvalue weighted by Gasteiger charge is 2.48. The van der Waals surface area contributed by atoms with Crippen LogP contribution in [0.1, 0.15) is 103 Å². The highest BCUT2D eigenvalue weighted by atomic mass is 32.2. The number of benzene rings is 1. The van der Waals surface area contributed by atoms with E-state index in [1.807, 2.05) is 24.3 Å². The fraction of sp³-hybridized carbons (Fsp3) is 0.694. The molecule has 0 aliphatic carbocycles. The molecule has 2 heterocycles. The second-order valence-corrected chi connectivity index (χ2v) is 21.3. The van der Waals surface area contributed by atoms with Crippen molar-refractivity contribution in [2.45, 2.75) is 140 Å². The number of oxazole rings is 1. The summed E-state index contributed by atoms with van der Waals surface area (Å²) in [5, 5.41) is 19.4. The Bertz CT molecular complexity index is 1370. The van der Waals surface area contributed by atoms with Crippen LogP contribution in [0.15, 0.2) is 47.1 Å². The van der Waals surface area contributed by atoms with Crippen molar-refractivity contribution < 1.29 is 45.9 Å². The average molecular weight is 726 g/mol. The second-order valence-electron chi connectivity index (χ2n) is 14.3. The van der Waals surface area contributed by atoms with E-state index in [9.17, 15) is 18.6 Å². The minimum absolute atomic E-state index is 0.150. The van der Waals surface area contributed by atoms with E-state index < -0.39 is 42.9 Å². The van der Waals surface area contributed by atoms with Gasteiger partial charge in [-0.1, -0.05) is 65.8 Å². The van der Waals surface area contributed by atoms with Crippen LogP contribution < -0.4 is 4.74 Å². The van der Waals surface area contributed by atoms with Crippen molar-refractivity contribution in [2.24, 2.45) is 0 Å². The number of rotatable bonds is 21. The maximum absolute atomic E-state index is 12.3. The standard InChI is InChI=1S/C36H59NO10SSi/c1-24(2)49(25(3)4,26(5)6)47-33-19-31(18-32(46-48(9,40)41)17-27(7)16-29(39)14-15-38)45-35(20-33)34-22-44-36(37-34)23-43-21-28-10-12-30(42-8)13-11-28/h10-13,22,24-26,29,31-33,35,38-39H,7,14-21,23H2,1-6,8-9H3/t29-,31+,32?,33+,35+/m0/s1. The zero-order chi connectivity index (χ0) is 36.4. The summed E-state index contributed by atoms with van der Waals surface area (Å²) in [5.41, 5.74) is 3.40. The van der Waals surface area contributed by atoms with Gasteiger partial charge in [-0.2, -0.15) is 8.42 Å². The molecule has 1 aliphatic heterocycles. The molecule has 1 aliphatic rings. The van der Waals surface area contributed by atoms with Gasteiger partial charge in [-0.25, -0.2) is 4.98 Å². The molecule has 0 bridgehead atoms. The van der Waals surface area contributed by atoms with Crippen LogP contribution >= 0.6 is 0 Å². The van der Waals surface area contributed by atoms with Crippen molar-refractivity contribution in [3.05, 3.63) is 59.8 Å². The molecule has 278 valence electrons. The van der Waals surface area contributed by atoms with Crippen molar-refractivity contribution in [3.63, 3.8) is 0 Å². The van der Waals surface area contributed by atoms with Crippen molar-refractivity contribution in [3.8, 4) is 5.75 Å². The van der Waals surface area contributed by atoms with Crippen LogP contribution in [0.25, 0.3) is 0 Å². The van der Waals surface area contributed by atoms with Gasteiger partial charge in [0.2, 0.25) is 14.2 Å². The van der Waals surface area contributed by atoms with E-state index >= 15 is 0 Å². The molecule has 0 saturated carbocycles. The SMILES string of the molecule is C=C(CC(C[C@@H]1C[C@@H](O[Si](C(C)C)(C(C)C)C(C)C)C[C@H](c2coc(COCc3ccc(OC)cc3)n2)O1)OS(C)(=O)=O)C[C@@H](O)CCO. The number of methoxy groups -OCH3 is 1. The topological polar surface area (TPSA) is 147 Å². The van der Waals surface area contributed by atoms with Gasteiger partial charge in [-0.15, -0.1) is 0 Å². The molecule has 0 amide bonds. The number of ether oxygens (including phenoxy) is 3. The second kappa shape index (κ2) is 18.9. The summed E-state index contributed by atoms with van der Waals surface area (Å²) in [5.74, 6) is 1.21. The Labute approximate surface area is 294 Å². The molecule has 13 heteroatoms. The summed E-state index contributed by atoms with van der Waals surface area (Å²) in [6.07, 6.45) is 2.17. The van der Waals surface area contributed by atoms with Crippen LogP contribution in [0.5, 0.6) is 5.75 Å². The zero-order valence-electron chi connectivity index (χ0n) is 30.6. The average Bonchev–Trinajstić information content (AvgIpc) is 3.48. The Balaban J connectivity index is 1.83. The van der Waals surface area contributed by atoms with Gasteiger partial charge in [0.1, 0.15) is 30.4 Å². The minimum Gasteiger partial charge on any atom is -0.497 e. The summed E-state index contributed by atoms with van der Waals surface area (Å²) >= 11 is 0. The predicted molar refractivity (Wildman–Crippen MR) is 191 cm³/mol. The van der Waals surface area contributed by atoms with Gasteiger partial charge in [0.05, 0.1) is 44.4 Å². The molecule has 0 spiro atoms. The largest absolute Gasteiger partial charge is 0.497 e. The van der Waals surface area contributed by atoms with Crippen molar-refractivity contribution >= 4 is 18.4 Å². The third-order valence-electron chi connectivity index (χ3n) is 9.33. The van der Waals surface area contributed by atoms with Crippen LogP contribution in [0, 0.1) is 0 Å². The number of aromatic nitrogens is 1. The lowest BCUT2D eigenvalue weighted by Crippen LogP contribution is -2.52. The monoisotopic (exact) mass is 725 g/mol. The summed E-state index contributed by atoms with van der Waals surface area (Å²) in [7, 11) is -4.45. The first-order valence-corrected chi connectivity index (χ1v) is 21.3. The first kappa shape index (κ1) is 41.3. The molecule has 2 aromatic rings. The van der Waals surface area contributed by atoms with Crippen molar-refractivity contribution in [1.29, 1.82) is 0 Å². The van der Waals surface area contributed by atoms with Gasteiger partial charge >= 0.3 is 0 Å². The third-order valence-corrected chi connectivity index (χ3v) is 16.1. The smallest absolute Gasteiger partial charge is 0.264 e. The molecule has 3 rings (SSSR count). The number of hydrogen-bond acceptors (Lipinski definition) is 11. The lowest BCUT2D eigenvalue weighted by molar-refractivity contribution is -0.107. The number of hydrogen-bond donors (Lipinski definition) is 2. The van der Waals surface area contributed by atoms with Crippen molar-refractivity contribution in [1.82, 2.24) is 4.98 Å². The van der Waals surface area contributed by atoms with E-state index in [2.05, 4.69) is 48.1 Å². The molecule has 2 N–H and O–H groups in total. The Hall–Kier alpha value is -2.10. The molecule has 1 unspecified atom stereocenters. The maximum Gasteiger partial charge on any atom is 0.264 e. The summed E-state index contributed by atoms with van der Waals surface area (Å²) in [6.45, 7) is 18.0. The quantitative estimate of drug-likeness (QED) is 0.0780. The predicted octanol–water partition coefficient (Wildman–Crippen LogP) is 7.00. The van der Waals surface area contributed by atoms with E-state index in [0.29, 0.717) is 53.2 Å². The van der Waals surface area contributed by atoms with Crippen molar-refractivity contribution in [2.75, 3.05) is 20.0 Å². The fourth-order valence-corrected chi connectivity index (χ4v) is 13.5. The Morgan fingerprint density at radius 2 is 1.69 bits per heavy atom. The lowest BCUT2D eigenvalue weighted by Gasteiger charge is -2.47. The minimum atomic E-state index is -3.80. The molecule has 1 aromatic heterocycles. The highest BCUT2D eigenvalue weighted by Crippen LogP contribution is 2.46. The van der Waals surface area contributed by atoms with E-state index in [0.717, 1.165) is 17.6 Å². The molecule has 11 nitrogen and oxygen atoms in total.